The molecule has 0 unspecified atom stereocenters. The zero-order valence-electron chi connectivity index (χ0n) is 15.5. The van der Waals surface area contributed by atoms with Crippen molar-refractivity contribution in [2.24, 2.45) is 0 Å². The zero-order valence-corrected chi connectivity index (χ0v) is 17.1. The summed E-state index contributed by atoms with van der Waals surface area (Å²) in [5.74, 6) is -0.291. The Bertz CT molecular complexity index is 1220. The number of para-hydroxylation sites is 1. The molecular weight excluding hydrogens is 428 g/mol. The lowest BCUT2D eigenvalue weighted by atomic mass is 10.2. The van der Waals surface area contributed by atoms with Crippen LogP contribution in [0, 0.1) is 10.1 Å². The number of hydrogen-bond acceptors (Lipinski definition) is 8. The van der Waals surface area contributed by atoms with Crippen molar-refractivity contribution in [1.82, 2.24) is 4.98 Å². The van der Waals surface area contributed by atoms with Crippen LogP contribution in [-0.4, -0.2) is 37.3 Å². The van der Waals surface area contributed by atoms with E-state index in [1.165, 1.54) is 23.9 Å². The van der Waals surface area contributed by atoms with E-state index in [4.69, 9.17) is 0 Å². The van der Waals surface area contributed by atoms with Crippen LogP contribution < -0.4 is 10.2 Å². The van der Waals surface area contributed by atoms with E-state index in [1.54, 1.807) is 0 Å². The molecule has 0 bridgehead atoms. The molecule has 1 amide bonds. The molecule has 0 spiro atoms. The Morgan fingerprint density at radius 1 is 1.20 bits per heavy atom. The Labute approximate surface area is 176 Å². The highest BCUT2D eigenvalue weighted by Gasteiger charge is 2.24. The first kappa shape index (κ1) is 20.0. The second-order valence-corrected chi connectivity index (χ2v) is 9.79. The molecule has 2 aromatic carbocycles. The number of nitrogens with zero attached hydrogens (tertiary/aromatic N) is 3. The molecule has 0 radical (unpaired) electrons. The lowest BCUT2D eigenvalue weighted by molar-refractivity contribution is -0.384. The number of hydrogen-bond donors (Lipinski definition) is 1. The number of sulfone groups is 1. The van der Waals surface area contributed by atoms with Crippen molar-refractivity contribution in [3.63, 3.8) is 0 Å². The normalized spacial score (nSPS) is 13.1. The number of fused-ring (bicyclic) bond motifs is 1. The van der Waals surface area contributed by atoms with Crippen LogP contribution in [0.3, 0.4) is 0 Å². The third-order valence-corrected chi connectivity index (χ3v) is 7.81. The molecule has 2 heterocycles. The average Bonchev–Trinajstić information content (AvgIpc) is 3.36. The number of anilines is 2. The number of nitro benzene ring substituents is 1. The molecule has 30 heavy (non-hydrogen) atoms. The van der Waals surface area contributed by atoms with Crippen molar-refractivity contribution in [2.75, 3.05) is 23.3 Å². The number of nitro groups is 1. The SMILES string of the molecule is O=C(CN1CCc2ccccc21)Nc1ncc(S(=O)(=O)c2ccc([N+](=O)[O-])cc2)s1. The van der Waals surface area contributed by atoms with E-state index in [1.807, 2.05) is 29.2 Å². The molecule has 0 fully saturated rings. The Morgan fingerprint density at radius 3 is 2.67 bits per heavy atom. The monoisotopic (exact) mass is 444 g/mol. The van der Waals surface area contributed by atoms with Crippen molar-refractivity contribution in [2.45, 2.75) is 15.5 Å². The molecule has 1 N–H and O–H groups in total. The number of amides is 1. The van der Waals surface area contributed by atoms with Gasteiger partial charge in [0.2, 0.25) is 15.7 Å². The van der Waals surface area contributed by atoms with E-state index < -0.39 is 14.8 Å². The van der Waals surface area contributed by atoms with Gasteiger partial charge in [0.15, 0.2) is 5.13 Å². The smallest absolute Gasteiger partial charge is 0.269 e. The molecular formula is C19H16N4O5S2. The molecule has 3 aromatic rings. The maximum absolute atomic E-state index is 12.7. The molecule has 0 saturated carbocycles. The van der Waals surface area contributed by atoms with Crippen molar-refractivity contribution < 1.29 is 18.1 Å². The van der Waals surface area contributed by atoms with Gasteiger partial charge in [0.1, 0.15) is 4.21 Å². The lowest BCUT2D eigenvalue weighted by Gasteiger charge is -2.18. The van der Waals surface area contributed by atoms with Crippen LogP contribution in [-0.2, 0) is 21.1 Å². The summed E-state index contributed by atoms with van der Waals surface area (Å²) in [6.07, 6.45) is 2.04. The van der Waals surface area contributed by atoms with Gasteiger partial charge in [-0.25, -0.2) is 13.4 Å². The third-order valence-electron chi connectivity index (χ3n) is 4.67. The predicted molar refractivity (Wildman–Crippen MR) is 112 cm³/mol. The Hall–Kier alpha value is -3.31. The number of aromatic nitrogens is 1. The van der Waals surface area contributed by atoms with Gasteiger partial charge in [-0.05, 0) is 30.2 Å². The molecule has 154 valence electrons. The first-order valence-corrected chi connectivity index (χ1v) is 11.2. The highest BCUT2D eigenvalue weighted by Crippen LogP contribution is 2.30. The molecule has 1 aliphatic rings. The fourth-order valence-electron chi connectivity index (χ4n) is 3.21. The van der Waals surface area contributed by atoms with E-state index in [0.29, 0.717) is 0 Å². The molecule has 0 saturated heterocycles. The minimum absolute atomic E-state index is 0.0572. The van der Waals surface area contributed by atoms with Crippen LogP contribution in [0.5, 0.6) is 0 Å². The number of rotatable bonds is 6. The van der Waals surface area contributed by atoms with Crippen LogP contribution in [0.4, 0.5) is 16.5 Å². The molecule has 4 rings (SSSR count). The number of non-ortho nitro benzene ring substituents is 1. The van der Waals surface area contributed by atoms with Crippen LogP contribution in [0.25, 0.3) is 0 Å². The molecule has 0 atom stereocenters. The summed E-state index contributed by atoms with van der Waals surface area (Å²) < 4.78 is 25.4. The quantitative estimate of drug-likeness (QED) is 0.458. The van der Waals surface area contributed by atoms with Gasteiger partial charge in [-0.1, -0.05) is 29.5 Å². The van der Waals surface area contributed by atoms with Gasteiger partial charge >= 0.3 is 0 Å². The number of carbonyl (C=O) groups is 1. The van der Waals surface area contributed by atoms with E-state index in [9.17, 15) is 23.3 Å². The standard InChI is InChI=1S/C19H16N4O5S2/c24-17(12-22-10-9-13-3-1-2-4-16(13)22)21-19-20-11-18(29-19)30(27,28)15-7-5-14(6-8-15)23(25)26/h1-8,11H,9-10,12H2,(H,20,21,24). The van der Waals surface area contributed by atoms with E-state index >= 15 is 0 Å². The zero-order chi connectivity index (χ0) is 21.3. The maximum atomic E-state index is 12.7. The highest BCUT2D eigenvalue weighted by atomic mass is 32.2. The van der Waals surface area contributed by atoms with Crippen LogP contribution >= 0.6 is 11.3 Å². The summed E-state index contributed by atoms with van der Waals surface area (Å²) in [7, 11) is -3.89. The number of carbonyl (C=O) groups excluding carboxylic acids is 1. The largest absolute Gasteiger partial charge is 0.362 e. The minimum atomic E-state index is -3.89. The first-order valence-electron chi connectivity index (χ1n) is 8.93. The fourth-order valence-corrected chi connectivity index (χ4v) is 5.66. The first-order chi connectivity index (χ1) is 14.3. The average molecular weight is 444 g/mol. The fraction of sp³-hybridized carbons (Fsp3) is 0.158. The summed E-state index contributed by atoms with van der Waals surface area (Å²) in [5, 5.41) is 13.5. The summed E-state index contributed by atoms with van der Waals surface area (Å²) in [4.78, 5) is 28.4. The van der Waals surface area contributed by atoms with Crippen molar-refractivity contribution in [3.05, 3.63) is 70.4 Å². The second-order valence-electron chi connectivity index (χ2n) is 6.59. The van der Waals surface area contributed by atoms with Crippen molar-refractivity contribution in [3.8, 4) is 0 Å². The molecule has 1 aliphatic heterocycles. The van der Waals surface area contributed by atoms with Crippen LogP contribution in [0.15, 0.2) is 63.8 Å². The predicted octanol–water partition coefficient (Wildman–Crippen LogP) is 2.89. The van der Waals surface area contributed by atoms with E-state index in [0.717, 1.165) is 42.1 Å². The third kappa shape index (κ3) is 3.89. The molecule has 11 heteroatoms. The van der Waals surface area contributed by atoms with E-state index in [-0.39, 0.29) is 32.4 Å². The number of nitrogens with one attached hydrogen (secondary N) is 1. The summed E-state index contributed by atoms with van der Waals surface area (Å²) >= 11 is 0.834. The summed E-state index contributed by atoms with van der Waals surface area (Å²) in [5.41, 5.74) is 2.01. The van der Waals surface area contributed by atoms with E-state index in [2.05, 4.69) is 10.3 Å². The van der Waals surface area contributed by atoms with Gasteiger partial charge in [-0.3, -0.25) is 14.9 Å². The van der Waals surface area contributed by atoms with Crippen molar-refractivity contribution in [1.29, 1.82) is 0 Å². The Balaban J connectivity index is 1.45. The van der Waals surface area contributed by atoms with Crippen LogP contribution in [0.1, 0.15) is 5.56 Å². The van der Waals surface area contributed by atoms with Gasteiger partial charge in [-0.2, -0.15) is 0 Å². The maximum Gasteiger partial charge on any atom is 0.269 e. The molecule has 0 aliphatic carbocycles. The highest BCUT2D eigenvalue weighted by molar-refractivity contribution is 7.93. The summed E-state index contributed by atoms with van der Waals surface area (Å²) in [6.45, 7) is 0.880. The van der Waals surface area contributed by atoms with Crippen molar-refractivity contribution >= 4 is 43.6 Å². The molecule has 1 aromatic heterocycles. The topological polar surface area (TPSA) is 123 Å². The van der Waals surface area contributed by atoms with Gasteiger partial charge in [0, 0.05) is 24.4 Å². The minimum Gasteiger partial charge on any atom is -0.362 e. The van der Waals surface area contributed by atoms with Gasteiger partial charge in [0.25, 0.3) is 5.69 Å². The summed E-state index contributed by atoms with van der Waals surface area (Å²) in [6, 6.07) is 12.5. The van der Waals surface area contributed by atoms with Gasteiger partial charge in [0.05, 0.1) is 22.6 Å². The number of benzene rings is 2. The Morgan fingerprint density at radius 2 is 1.93 bits per heavy atom. The van der Waals surface area contributed by atoms with Gasteiger partial charge < -0.3 is 10.2 Å². The second kappa shape index (κ2) is 7.84. The van der Waals surface area contributed by atoms with Crippen LogP contribution in [0.2, 0.25) is 0 Å². The lowest BCUT2D eigenvalue weighted by Crippen LogP contribution is -2.31. The Kier molecular flexibility index (Phi) is 5.22. The molecule has 9 nitrogen and oxygen atoms in total. The number of thiazole rings is 1. The van der Waals surface area contributed by atoms with Gasteiger partial charge in [-0.15, -0.1) is 0 Å².